The number of likely N-dealkylation sites (N-methyl/N-ethyl adjacent to an activating group) is 1. The fourth-order valence-corrected chi connectivity index (χ4v) is 7.09. The number of ether oxygens (including phenoxy) is 1. The molecule has 1 aliphatic rings. The average molecular weight is 946 g/mol. The molecule has 67 heavy (non-hydrogen) atoms. The molecular weight excluding hydrogens is 882 g/mol. The molecule has 3 rings (SSSR count). The van der Waals surface area contributed by atoms with Crippen molar-refractivity contribution in [2.45, 2.75) is 115 Å². The van der Waals surface area contributed by atoms with Crippen molar-refractivity contribution in [2.75, 3.05) is 33.8 Å². The van der Waals surface area contributed by atoms with E-state index in [0.29, 0.717) is 12.1 Å². The Bertz CT molecular complexity index is 2070. The van der Waals surface area contributed by atoms with E-state index in [1.807, 2.05) is 0 Å². The van der Waals surface area contributed by atoms with Crippen LogP contribution in [0.5, 0.6) is 5.75 Å². The highest BCUT2D eigenvalue weighted by Gasteiger charge is 2.41. The molecule has 14 N–H and O–H groups in total. The quantitative estimate of drug-likeness (QED) is 0.0254. The molecule has 0 spiro atoms. The number of aromatic nitrogens is 2. The molecule has 1 aromatic carbocycles. The van der Waals surface area contributed by atoms with Gasteiger partial charge in [0.05, 0.1) is 19.0 Å². The second kappa shape index (κ2) is 26.3. The van der Waals surface area contributed by atoms with E-state index < -0.39 is 120 Å². The van der Waals surface area contributed by atoms with Crippen LogP contribution in [0.2, 0.25) is 0 Å². The number of likely N-dealkylation sites (tertiary alicyclic amines) is 1. The van der Waals surface area contributed by atoms with Gasteiger partial charge in [0.2, 0.25) is 41.4 Å². The molecule has 1 fully saturated rings. The van der Waals surface area contributed by atoms with Crippen LogP contribution in [0.15, 0.2) is 35.7 Å². The molecule has 8 atom stereocenters. The van der Waals surface area contributed by atoms with Gasteiger partial charge in [-0.25, -0.2) is 9.37 Å². The lowest BCUT2D eigenvalue weighted by Gasteiger charge is -2.31. The van der Waals surface area contributed by atoms with Crippen LogP contribution in [0.4, 0.5) is 4.39 Å². The van der Waals surface area contributed by atoms with Gasteiger partial charge in [0.15, 0.2) is 17.5 Å². The molecule has 0 saturated carbocycles. The normalized spacial score (nSPS) is 16.5. The minimum atomic E-state index is -1.57. The number of carboxylic acid groups (broad SMARTS) is 1. The van der Waals surface area contributed by atoms with Gasteiger partial charge >= 0.3 is 5.97 Å². The lowest BCUT2D eigenvalue weighted by molar-refractivity contribution is -0.145. The first kappa shape index (κ1) is 54.4. The van der Waals surface area contributed by atoms with Gasteiger partial charge in [0, 0.05) is 44.9 Å². The van der Waals surface area contributed by atoms with E-state index in [1.165, 1.54) is 44.4 Å². The molecule has 24 nitrogen and oxygen atoms in total. The fourth-order valence-electron chi connectivity index (χ4n) is 7.09. The number of nitrogens with zero attached hydrogens (tertiary/aromatic N) is 3. The lowest BCUT2D eigenvalue weighted by atomic mass is 9.99. The molecule has 0 aliphatic carbocycles. The van der Waals surface area contributed by atoms with Crippen LogP contribution in [-0.2, 0) is 55.9 Å². The number of aliphatic imine (C=N–C) groups is 1. The van der Waals surface area contributed by atoms with Gasteiger partial charge in [0.1, 0.15) is 42.3 Å². The summed E-state index contributed by atoms with van der Waals surface area (Å²) in [6.45, 7) is 6.12. The van der Waals surface area contributed by atoms with Crippen molar-refractivity contribution in [3.05, 3.63) is 47.8 Å². The van der Waals surface area contributed by atoms with Gasteiger partial charge in [-0.05, 0) is 70.2 Å². The summed E-state index contributed by atoms with van der Waals surface area (Å²) in [7, 11) is 2.80. The number of carboxylic acids is 1. The Hall–Kier alpha value is -6.89. The number of guanidine groups is 1. The van der Waals surface area contributed by atoms with Crippen molar-refractivity contribution in [3.63, 3.8) is 0 Å². The maximum Gasteiger partial charge on any atom is 0.325 e. The summed E-state index contributed by atoms with van der Waals surface area (Å²) in [4.78, 5) is 120. The van der Waals surface area contributed by atoms with Crippen LogP contribution in [0, 0.1) is 11.7 Å². The van der Waals surface area contributed by atoms with Crippen molar-refractivity contribution in [2.24, 2.45) is 22.4 Å². The van der Waals surface area contributed by atoms with Gasteiger partial charge in [-0.3, -0.25) is 43.3 Å². The number of hydrogen-bond acceptors (Lipinski definition) is 13. The van der Waals surface area contributed by atoms with Crippen LogP contribution in [0.1, 0.15) is 64.6 Å². The first-order valence-electron chi connectivity index (χ1n) is 21.7. The third-order valence-corrected chi connectivity index (χ3v) is 10.8. The molecule has 1 aromatic heterocycles. The monoisotopic (exact) mass is 945 g/mol. The number of aromatic hydroxyl groups is 1. The number of nitrogens with one attached hydrogen (secondary N) is 8. The van der Waals surface area contributed by atoms with E-state index in [9.17, 15) is 53.0 Å². The van der Waals surface area contributed by atoms with Crippen molar-refractivity contribution in [1.82, 2.24) is 52.1 Å². The van der Waals surface area contributed by atoms with E-state index in [1.54, 1.807) is 20.9 Å². The molecule has 0 radical (unpaired) electrons. The number of phenolic OH excluding ortho intramolecular Hbond substituents is 1. The number of H-pyrrole nitrogens is 1. The number of hydrogen-bond donors (Lipinski definition) is 12. The summed E-state index contributed by atoms with van der Waals surface area (Å²) in [5.74, 6) is -9.11. The summed E-state index contributed by atoms with van der Waals surface area (Å²) >= 11 is 0. The van der Waals surface area contributed by atoms with E-state index in [2.05, 4.69) is 52.2 Å². The van der Waals surface area contributed by atoms with Gasteiger partial charge in [0.25, 0.3) is 0 Å². The maximum atomic E-state index is 14.6. The molecule has 1 saturated heterocycles. The summed E-state index contributed by atoms with van der Waals surface area (Å²) in [6.07, 6.45) is 2.15. The van der Waals surface area contributed by atoms with E-state index in [4.69, 9.17) is 16.2 Å². The molecule has 25 heteroatoms. The zero-order valence-electron chi connectivity index (χ0n) is 38.4. The second-order valence-electron chi connectivity index (χ2n) is 16.4. The molecule has 1 aliphatic heterocycles. The number of carbonyl (C=O) groups excluding carboxylic acids is 7. The number of rotatable bonds is 26. The molecular formula is C42H64FN13O11. The minimum absolute atomic E-state index is 0.0808. The van der Waals surface area contributed by atoms with Crippen LogP contribution < -0.4 is 48.7 Å². The predicted molar refractivity (Wildman–Crippen MR) is 239 cm³/mol. The van der Waals surface area contributed by atoms with E-state index in [0.717, 1.165) is 12.1 Å². The van der Waals surface area contributed by atoms with E-state index in [-0.39, 0.29) is 56.8 Å². The summed E-state index contributed by atoms with van der Waals surface area (Å²) < 4.78 is 20.1. The Balaban J connectivity index is 1.94. The predicted octanol–water partition coefficient (Wildman–Crippen LogP) is -2.99. The van der Waals surface area contributed by atoms with Gasteiger partial charge in [-0.15, -0.1) is 0 Å². The van der Waals surface area contributed by atoms with Crippen molar-refractivity contribution < 1.29 is 57.7 Å². The first-order chi connectivity index (χ1) is 31.7. The maximum absolute atomic E-state index is 14.6. The second-order valence-corrected chi connectivity index (χ2v) is 16.4. The number of aliphatic carboxylic acids is 1. The molecule has 2 heterocycles. The highest BCUT2D eigenvalue weighted by atomic mass is 19.1. The zero-order valence-corrected chi connectivity index (χ0v) is 38.4. The van der Waals surface area contributed by atoms with Crippen LogP contribution in [0.25, 0.3) is 0 Å². The largest absolute Gasteiger partial charge is 0.505 e. The zero-order chi connectivity index (χ0) is 50.0. The van der Waals surface area contributed by atoms with Crippen LogP contribution in [0.3, 0.4) is 0 Å². The van der Waals surface area contributed by atoms with Crippen LogP contribution in [-0.4, -0.2) is 161 Å². The number of phenols is 1. The van der Waals surface area contributed by atoms with E-state index >= 15 is 0 Å². The standard InChI is InChI=1S/C42H64FN13O11/c1-21(2)33(54-35(59)27(51-32(58)19-46-5)9-7-13-48-42(44)45)38(62)52-28(16-24-11-12-31(57)26(43)15-24)36(60)55-34(23(4)67-6)39(63)53-29(17-25-18-47-20-49-25)40(64)56-14-8-10-30(56)37(61)50-22(3)41(65)66/h11-12,15,18,20-23,27-30,33-34,46,57H,7-10,13-14,16-17,19H2,1-6H3,(H,47,49)(H,50,61)(H,51,58)(H,52,62)(H,53,63)(H,54,59)(H,55,60)(H,65,66)(H4,44,45,48)/t22-,23+,27-,28-,29-,30-,33-,34-/m0/s1. The fraction of sp³-hybridized carbons (Fsp3) is 0.571. The van der Waals surface area contributed by atoms with Crippen molar-refractivity contribution in [1.29, 1.82) is 0 Å². The molecule has 0 bridgehead atoms. The third kappa shape index (κ3) is 16.8. The smallest absolute Gasteiger partial charge is 0.325 e. The van der Waals surface area contributed by atoms with Crippen LogP contribution >= 0.6 is 0 Å². The Morgan fingerprint density at radius 2 is 1.57 bits per heavy atom. The number of nitrogens with two attached hydrogens (primary N) is 2. The Morgan fingerprint density at radius 3 is 2.16 bits per heavy atom. The Kier molecular flexibility index (Phi) is 21.4. The third-order valence-electron chi connectivity index (χ3n) is 10.8. The minimum Gasteiger partial charge on any atom is -0.505 e. The van der Waals surface area contributed by atoms with Crippen molar-refractivity contribution >= 4 is 53.3 Å². The number of benzene rings is 1. The highest BCUT2D eigenvalue weighted by Crippen LogP contribution is 2.21. The summed E-state index contributed by atoms with van der Waals surface area (Å²) in [5, 5.41) is 37.4. The topological polar surface area (TPSA) is 367 Å². The average Bonchev–Trinajstić information content (AvgIpc) is 3.99. The van der Waals surface area contributed by atoms with Crippen molar-refractivity contribution in [3.8, 4) is 5.75 Å². The molecule has 2 aromatic rings. The summed E-state index contributed by atoms with van der Waals surface area (Å²) in [6, 6.07) is -5.89. The number of aromatic amines is 1. The number of amides is 7. The Morgan fingerprint density at radius 1 is 0.910 bits per heavy atom. The van der Waals surface area contributed by atoms with Gasteiger partial charge < -0.3 is 73.5 Å². The van der Waals surface area contributed by atoms with Gasteiger partial charge in [-0.2, -0.15) is 0 Å². The molecule has 7 amide bonds. The summed E-state index contributed by atoms with van der Waals surface area (Å²) in [5.41, 5.74) is 11.4. The first-order valence-corrected chi connectivity index (χ1v) is 21.7. The van der Waals surface area contributed by atoms with Gasteiger partial charge in [-0.1, -0.05) is 19.9 Å². The highest BCUT2D eigenvalue weighted by molar-refractivity contribution is 5.98. The molecule has 370 valence electrons. The number of methoxy groups -OCH3 is 1. The number of halogens is 1. The molecule has 0 unspecified atom stereocenters. The SMILES string of the molecule is CNCC(=O)N[C@@H](CCCN=C(N)N)C(=O)N[C@H](C(=O)N[C@@H](Cc1ccc(O)c(F)c1)C(=O)N[C@H](C(=O)N[C@@H](Cc1cnc[nH]1)C(=O)N1CCC[C@H]1C(=O)N[C@@H](C)C(=O)O)[C@@H](C)OC)C(C)C. The lowest BCUT2D eigenvalue weighted by Crippen LogP contribution is -2.62. The number of carbonyl (C=O) groups is 8. The Labute approximate surface area is 386 Å². The number of imidazole rings is 1.